The van der Waals surface area contributed by atoms with E-state index < -0.39 is 0 Å². The molecule has 0 aliphatic heterocycles. The van der Waals surface area contributed by atoms with Crippen molar-refractivity contribution in [3.63, 3.8) is 0 Å². The fraction of sp³-hybridized carbons (Fsp3) is 0.700. The lowest BCUT2D eigenvalue weighted by molar-refractivity contribution is 0.140. The second-order valence-electron chi connectivity index (χ2n) is 3.84. The van der Waals surface area contributed by atoms with Crippen LogP contribution in [0.4, 0.5) is 5.95 Å². The summed E-state index contributed by atoms with van der Waals surface area (Å²) in [5.41, 5.74) is 5.52. The van der Waals surface area contributed by atoms with E-state index in [1.54, 1.807) is 0 Å². The third-order valence-corrected chi connectivity index (χ3v) is 2.62. The zero-order valence-electron chi connectivity index (χ0n) is 9.35. The molecule has 2 rings (SSSR count). The van der Waals surface area contributed by atoms with E-state index in [0.717, 1.165) is 12.8 Å². The van der Waals surface area contributed by atoms with Crippen molar-refractivity contribution in [1.82, 2.24) is 15.0 Å². The van der Waals surface area contributed by atoms with Crippen molar-refractivity contribution in [1.29, 1.82) is 0 Å². The Labute approximate surface area is 94.2 Å². The first-order chi connectivity index (χ1) is 7.78. The van der Waals surface area contributed by atoms with E-state index in [2.05, 4.69) is 15.0 Å². The molecule has 1 aliphatic rings. The first-order valence-electron chi connectivity index (χ1n) is 5.50. The van der Waals surface area contributed by atoms with Gasteiger partial charge in [-0.15, -0.1) is 4.98 Å². The van der Waals surface area contributed by atoms with Crippen LogP contribution in [-0.4, -0.2) is 28.2 Å². The molecule has 0 amide bonds. The molecule has 1 saturated carbocycles. The zero-order chi connectivity index (χ0) is 11.4. The highest BCUT2D eigenvalue weighted by atomic mass is 16.5. The molecule has 0 atom stereocenters. The molecule has 0 bridgehead atoms. The molecule has 2 N–H and O–H groups in total. The highest BCUT2D eigenvalue weighted by Crippen LogP contribution is 2.22. The van der Waals surface area contributed by atoms with Gasteiger partial charge in [0.25, 0.3) is 0 Å². The van der Waals surface area contributed by atoms with E-state index in [0.29, 0.717) is 0 Å². The number of anilines is 1. The molecule has 0 aromatic carbocycles. The van der Waals surface area contributed by atoms with Crippen LogP contribution in [0, 0.1) is 0 Å². The van der Waals surface area contributed by atoms with Gasteiger partial charge >= 0.3 is 12.0 Å². The summed E-state index contributed by atoms with van der Waals surface area (Å²) >= 11 is 0. The minimum absolute atomic E-state index is 0.123. The van der Waals surface area contributed by atoms with E-state index in [1.165, 1.54) is 26.4 Å². The molecule has 0 unspecified atom stereocenters. The summed E-state index contributed by atoms with van der Waals surface area (Å²) in [5.74, 6) is 0.123. The van der Waals surface area contributed by atoms with Gasteiger partial charge in [-0.1, -0.05) is 6.42 Å². The smallest absolute Gasteiger partial charge is 0.324 e. The highest BCUT2D eigenvalue weighted by Gasteiger charge is 2.17. The lowest BCUT2D eigenvalue weighted by Gasteiger charge is -2.21. The number of nitrogen functional groups attached to an aromatic ring is 1. The number of rotatable bonds is 3. The SMILES string of the molecule is COc1nc(N)nc(OC2CCCCC2)n1. The van der Waals surface area contributed by atoms with Gasteiger partial charge in [0.1, 0.15) is 6.10 Å². The summed E-state index contributed by atoms with van der Waals surface area (Å²) in [6.45, 7) is 0. The second kappa shape index (κ2) is 4.96. The molecule has 6 heteroatoms. The molecule has 1 heterocycles. The Bertz CT molecular complexity index is 353. The first kappa shape index (κ1) is 10.9. The van der Waals surface area contributed by atoms with Crippen molar-refractivity contribution >= 4 is 5.95 Å². The highest BCUT2D eigenvalue weighted by molar-refractivity contribution is 5.20. The number of nitrogens with zero attached hydrogens (tertiary/aromatic N) is 3. The molecule has 0 radical (unpaired) electrons. The minimum Gasteiger partial charge on any atom is -0.467 e. The molecule has 88 valence electrons. The van der Waals surface area contributed by atoms with Crippen LogP contribution in [0.2, 0.25) is 0 Å². The van der Waals surface area contributed by atoms with Crippen LogP contribution in [0.15, 0.2) is 0 Å². The zero-order valence-corrected chi connectivity index (χ0v) is 9.35. The molecule has 16 heavy (non-hydrogen) atoms. The van der Waals surface area contributed by atoms with Crippen LogP contribution in [0.3, 0.4) is 0 Å². The first-order valence-corrected chi connectivity index (χ1v) is 5.50. The van der Waals surface area contributed by atoms with Crippen LogP contribution in [0.1, 0.15) is 32.1 Å². The van der Waals surface area contributed by atoms with Crippen molar-refractivity contribution in [2.24, 2.45) is 0 Å². The predicted octanol–water partition coefficient (Wildman–Crippen LogP) is 1.17. The van der Waals surface area contributed by atoms with Gasteiger partial charge in [-0.05, 0) is 25.7 Å². The lowest BCUT2D eigenvalue weighted by Crippen LogP contribution is -2.21. The maximum absolute atomic E-state index is 5.66. The van der Waals surface area contributed by atoms with Gasteiger partial charge in [0, 0.05) is 0 Å². The standard InChI is InChI=1S/C10H16N4O2/c1-15-9-12-8(11)13-10(14-9)16-7-5-3-2-4-6-7/h7H,2-6H2,1H3,(H2,11,12,13,14). The van der Waals surface area contributed by atoms with Crippen molar-refractivity contribution in [3.05, 3.63) is 0 Å². The lowest BCUT2D eigenvalue weighted by atomic mass is 9.98. The van der Waals surface area contributed by atoms with E-state index in [9.17, 15) is 0 Å². The number of aromatic nitrogens is 3. The maximum Gasteiger partial charge on any atom is 0.324 e. The van der Waals surface area contributed by atoms with E-state index >= 15 is 0 Å². The average Bonchev–Trinajstić information content (AvgIpc) is 2.29. The maximum atomic E-state index is 5.66. The monoisotopic (exact) mass is 224 g/mol. The molecule has 1 aliphatic carbocycles. The average molecular weight is 224 g/mol. The van der Waals surface area contributed by atoms with Gasteiger partial charge in [0.2, 0.25) is 5.95 Å². The molecule has 1 fully saturated rings. The van der Waals surface area contributed by atoms with Gasteiger partial charge in [-0.2, -0.15) is 9.97 Å². The van der Waals surface area contributed by atoms with Gasteiger partial charge in [-0.3, -0.25) is 0 Å². The van der Waals surface area contributed by atoms with Crippen molar-refractivity contribution in [2.45, 2.75) is 38.2 Å². The number of nitrogens with two attached hydrogens (primary N) is 1. The predicted molar refractivity (Wildman–Crippen MR) is 58.3 cm³/mol. The summed E-state index contributed by atoms with van der Waals surface area (Å²) in [4.78, 5) is 11.7. The second-order valence-corrected chi connectivity index (χ2v) is 3.84. The Balaban J connectivity index is 2.04. The summed E-state index contributed by atoms with van der Waals surface area (Å²) in [7, 11) is 1.49. The Morgan fingerprint density at radius 1 is 1.06 bits per heavy atom. The summed E-state index contributed by atoms with van der Waals surface area (Å²) in [6, 6.07) is 0.453. The normalized spacial score (nSPS) is 17.1. The Morgan fingerprint density at radius 2 is 1.75 bits per heavy atom. The van der Waals surface area contributed by atoms with Gasteiger partial charge in [0.15, 0.2) is 0 Å². The van der Waals surface area contributed by atoms with Crippen molar-refractivity contribution in [3.8, 4) is 12.0 Å². The Hall–Kier alpha value is -1.59. The third-order valence-electron chi connectivity index (χ3n) is 2.62. The third kappa shape index (κ3) is 2.71. The van der Waals surface area contributed by atoms with Crippen LogP contribution < -0.4 is 15.2 Å². The van der Waals surface area contributed by atoms with Crippen LogP contribution >= 0.6 is 0 Å². The number of hydrogen-bond donors (Lipinski definition) is 1. The van der Waals surface area contributed by atoms with Crippen LogP contribution in [0.25, 0.3) is 0 Å². The van der Waals surface area contributed by atoms with Gasteiger partial charge in [0.05, 0.1) is 7.11 Å². The fourth-order valence-corrected chi connectivity index (χ4v) is 1.83. The minimum atomic E-state index is 0.123. The van der Waals surface area contributed by atoms with E-state index in [4.69, 9.17) is 15.2 Å². The Kier molecular flexibility index (Phi) is 3.38. The summed E-state index contributed by atoms with van der Waals surface area (Å²) < 4.78 is 10.6. The van der Waals surface area contributed by atoms with Gasteiger partial charge < -0.3 is 15.2 Å². The molecular weight excluding hydrogens is 208 g/mol. The largest absolute Gasteiger partial charge is 0.467 e. The van der Waals surface area contributed by atoms with Crippen LogP contribution in [-0.2, 0) is 0 Å². The quantitative estimate of drug-likeness (QED) is 0.829. The number of methoxy groups -OCH3 is 1. The van der Waals surface area contributed by atoms with Gasteiger partial charge in [-0.25, -0.2) is 0 Å². The molecule has 0 saturated heterocycles. The fourth-order valence-electron chi connectivity index (χ4n) is 1.83. The van der Waals surface area contributed by atoms with E-state index in [-0.39, 0.29) is 24.1 Å². The topological polar surface area (TPSA) is 83.2 Å². The molecule has 6 nitrogen and oxygen atoms in total. The number of hydrogen-bond acceptors (Lipinski definition) is 6. The molecular formula is C10H16N4O2. The molecule has 0 spiro atoms. The summed E-state index contributed by atoms with van der Waals surface area (Å²) in [5, 5.41) is 0. The molecule has 1 aromatic rings. The number of ether oxygens (including phenoxy) is 2. The van der Waals surface area contributed by atoms with Crippen molar-refractivity contribution < 1.29 is 9.47 Å². The Morgan fingerprint density at radius 3 is 2.44 bits per heavy atom. The van der Waals surface area contributed by atoms with Crippen molar-refractivity contribution in [2.75, 3.05) is 12.8 Å². The van der Waals surface area contributed by atoms with E-state index in [1.807, 2.05) is 0 Å². The van der Waals surface area contributed by atoms with Crippen LogP contribution in [0.5, 0.6) is 12.0 Å². The summed E-state index contributed by atoms with van der Waals surface area (Å²) in [6.07, 6.45) is 5.97. The molecule has 1 aromatic heterocycles.